The number of hydrogen-bond acceptors (Lipinski definition) is 3. The molecular weight excluding hydrogens is 192 g/mol. The maximum atomic E-state index is 11.4. The predicted octanol–water partition coefficient (Wildman–Crippen LogP) is 1.17. The highest BCUT2D eigenvalue weighted by Crippen LogP contribution is 2.02. The molecule has 0 radical (unpaired) electrons. The fourth-order valence-electron chi connectivity index (χ4n) is 1.10. The maximum Gasteiger partial charge on any atom is 0.287 e. The van der Waals surface area contributed by atoms with Gasteiger partial charge in [-0.2, -0.15) is 5.10 Å². The van der Waals surface area contributed by atoms with Crippen molar-refractivity contribution in [1.29, 1.82) is 0 Å². The number of rotatable bonds is 3. The zero-order valence-corrected chi connectivity index (χ0v) is 7.90. The number of amides is 1. The summed E-state index contributed by atoms with van der Waals surface area (Å²) in [4.78, 5) is 11.4. The number of carbonyl (C=O) groups excluding carboxylic acids is 1. The summed E-state index contributed by atoms with van der Waals surface area (Å²) in [7, 11) is 0. The number of benzene rings is 1. The Bertz CT molecular complexity index is 424. The topological polar surface area (TPSA) is 69.8 Å². The second kappa shape index (κ2) is 4.28. The number of hydrogen-bond donors (Lipinski definition) is 3. The van der Waals surface area contributed by atoms with E-state index in [1.54, 1.807) is 6.07 Å². The van der Waals surface area contributed by atoms with E-state index in [1.165, 1.54) is 6.20 Å². The number of nitrogens with zero attached hydrogens (tertiary/aromatic N) is 1. The normalized spacial score (nSPS) is 9.60. The van der Waals surface area contributed by atoms with Crippen LogP contribution >= 0.6 is 0 Å². The lowest BCUT2D eigenvalue weighted by Gasteiger charge is -2.06. The average Bonchev–Trinajstić information content (AvgIpc) is 2.81. The summed E-state index contributed by atoms with van der Waals surface area (Å²) in [5.41, 5.74) is 6.57. The van der Waals surface area contributed by atoms with Crippen LogP contribution in [0, 0.1) is 0 Å². The van der Waals surface area contributed by atoms with E-state index in [0.29, 0.717) is 5.69 Å². The Morgan fingerprint density at radius 3 is 2.67 bits per heavy atom. The third-order valence-electron chi connectivity index (χ3n) is 1.84. The van der Waals surface area contributed by atoms with Gasteiger partial charge in [0, 0.05) is 6.20 Å². The number of aromatic nitrogens is 2. The summed E-state index contributed by atoms with van der Waals surface area (Å²) in [5, 5.41) is 6.26. The van der Waals surface area contributed by atoms with Crippen LogP contribution in [0.3, 0.4) is 0 Å². The van der Waals surface area contributed by atoms with Crippen LogP contribution in [0.4, 0.5) is 5.69 Å². The van der Waals surface area contributed by atoms with Gasteiger partial charge < -0.3 is 0 Å². The molecule has 0 aliphatic rings. The smallest absolute Gasteiger partial charge is 0.287 e. The van der Waals surface area contributed by atoms with Crippen molar-refractivity contribution < 1.29 is 4.79 Å². The van der Waals surface area contributed by atoms with Crippen LogP contribution in [0.5, 0.6) is 0 Å². The first-order valence-electron chi connectivity index (χ1n) is 4.47. The van der Waals surface area contributed by atoms with E-state index in [4.69, 9.17) is 0 Å². The van der Waals surface area contributed by atoms with Crippen molar-refractivity contribution in [2.24, 2.45) is 0 Å². The molecule has 0 atom stereocenters. The van der Waals surface area contributed by atoms with Crippen molar-refractivity contribution in [3.63, 3.8) is 0 Å². The molecule has 5 heteroatoms. The van der Waals surface area contributed by atoms with E-state index >= 15 is 0 Å². The lowest BCUT2D eigenvalue weighted by molar-refractivity contribution is 0.0957. The highest BCUT2D eigenvalue weighted by molar-refractivity contribution is 5.92. The molecule has 76 valence electrons. The van der Waals surface area contributed by atoms with E-state index in [1.807, 2.05) is 30.3 Å². The van der Waals surface area contributed by atoms with Crippen LogP contribution in [-0.2, 0) is 0 Å². The van der Waals surface area contributed by atoms with Crippen LogP contribution in [-0.4, -0.2) is 16.1 Å². The number of para-hydroxylation sites is 1. The fourth-order valence-corrected chi connectivity index (χ4v) is 1.10. The van der Waals surface area contributed by atoms with Gasteiger partial charge in [0.2, 0.25) is 0 Å². The van der Waals surface area contributed by atoms with Crippen LogP contribution in [0.25, 0.3) is 0 Å². The van der Waals surface area contributed by atoms with Crippen LogP contribution in [0.1, 0.15) is 10.5 Å². The van der Waals surface area contributed by atoms with Crippen LogP contribution in [0.15, 0.2) is 42.6 Å². The highest BCUT2D eigenvalue weighted by atomic mass is 16.2. The molecule has 5 nitrogen and oxygen atoms in total. The molecule has 1 amide bonds. The molecule has 0 aliphatic carbocycles. The second-order valence-corrected chi connectivity index (χ2v) is 2.92. The highest BCUT2D eigenvalue weighted by Gasteiger charge is 2.04. The van der Waals surface area contributed by atoms with E-state index in [2.05, 4.69) is 21.0 Å². The number of anilines is 1. The summed E-state index contributed by atoms with van der Waals surface area (Å²) in [6.45, 7) is 0. The minimum absolute atomic E-state index is 0.253. The van der Waals surface area contributed by atoms with Crippen molar-refractivity contribution in [2.75, 3.05) is 5.43 Å². The number of aromatic amines is 1. The summed E-state index contributed by atoms with van der Waals surface area (Å²) in [6, 6.07) is 11.0. The van der Waals surface area contributed by atoms with E-state index < -0.39 is 0 Å². The Morgan fingerprint density at radius 1 is 1.20 bits per heavy atom. The minimum Gasteiger partial charge on any atom is -0.298 e. The summed E-state index contributed by atoms with van der Waals surface area (Å²) < 4.78 is 0. The van der Waals surface area contributed by atoms with Gasteiger partial charge in [-0.25, -0.2) is 0 Å². The van der Waals surface area contributed by atoms with Gasteiger partial charge in [-0.1, -0.05) is 18.2 Å². The molecule has 15 heavy (non-hydrogen) atoms. The van der Waals surface area contributed by atoms with Crippen LogP contribution in [0.2, 0.25) is 0 Å². The zero-order chi connectivity index (χ0) is 10.5. The zero-order valence-electron chi connectivity index (χ0n) is 7.90. The van der Waals surface area contributed by atoms with Gasteiger partial charge in [-0.15, -0.1) is 0 Å². The maximum absolute atomic E-state index is 11.4. The van der Waals surface area contributed by atoms with Gasteiger partial charge in [0.1, 0.15) is 5.69 Å². The molecule has 3 N–H and O–H groups in total. The molecule has 1 aromatic heterocycles. The van der Waals surface area contributed by atoms with Gasteiger partial charge >= 0.3 is 0 Å². The van der Waals surface area contributed by atoms with Gasteiger partial charge in [0.25, 0.3) is 5.91 Å². The molecule has 2 aromatic rings. The minimum atomic E-state index is -0.253. The van der Waals surface area contributed by atoms with Gasteiger partial charge in [-0.3, -0.25) is 20.7 Å². The Hall–Kier alpha value is -2.30. The first-order chi connectivity index (χ1) is 7.36. The number of nitrogens with one attached hydrogen (secondary N) is 3. The quantitative estimate of drug-likeness (QED) is 0.654. The standard InChI is InChI=1S/C10H10N4O/c15-10(9-6-7-11-13-9)14-12-8-4-2-1-3-5-8/h1-7,12H,(H,11,13)(H,14,15). The van der Waals surface area contributed by atoms with Crippen molar-refractivity contribution in [1.82, 2.24) is 15.6 Å². The molecule has 0 fully saturated rings. The molecule has 0 saturated carbocycles. The SMILES string of the molecule is O=C(NNc1ccccc1)c1ccn[nH]1. The third kappa shape index (κ3) is 2.34. The fraction of sp³-hybridized carbons (Fsp3) is 0. The average molecular weight is 202 g/mol. The molecule has 0 spiro atoms. The largest absolute Gasteiger partial charge is 0.298 e. The first-order valence-corrected chi connectivity index (χ1v) is 4.47. The molecule has 1 heterocycles. The van der Waals surface area contributed by atoms with E-state index in [9.17, 15) is 4.79 Å². The number of hydrazine groups is 1. The molecule has 0 saturated heterocycles. The Morgan fingerprint density at radius 2 is 2.00 bits per heavy atom. The van der Waals surface area contributed by atoms with Crippen molar-refractivity contribution in [3.8, 4) is 0 Å². The molecular formula is C10H10N4O. The first kappa shape index (κ1) is 9.26. The summed E-state index contributed by atoms with van der Waals surface area (Å²) in [6.07, 6.45) is 1.53. The number of H-pyrrole nitrogens is 1. The molecule has 0 unspecified atom stereocenters. The Labute approximate surface area is 86.5 Å². The lowest BCUT2D eigenvalue weighted by Crippen LogP contribution is -2.29. The molecule has 1 aromatic carbocycles. The third-order valence-corrected chi connectivity index (χ3v) is 1.84. The van der Waals surface area contributed by atoms with Crippen LogP contribution < -0.4 is 10.9 Å². The van der Waals surface area contributed by atoms with Crippen molar-refractivity contribution in [3.05, 3.63) is 48.3 Å². The van der Waals surface area contributed by atoms with Gasteiger partial charge in [0.15, 0.2) is 0 Å². The second-order valence-electron chi connectivity index (χ2n) is 2.92. The van der Waals surface area contributed by atoms with Gasteiger partial charge in [-0.05, 0) is 18.2 Å². The van der Waals surface area contributed by atoms with Crippen molar-refractivity contribution >= 4 is 11.6 Å². The summed E-state index contributed by atoms with van der Waals surface area (Å²) in [5.74, 6) is -0.253. The Balaban J connectivity index is 1.92. The molecule has 0 aliphatic heterocycles. The van der Waals surface area contributed by atoms with Crippen molar-refractivity contribution in [2.45, 2.75) is 0 Å². The van der Waals surface area contributed by atoms with E-state index in [0.717, 1.165) is 5.69 Å². The van der Waals surface area contributed by atoms with Gasteiger partial charge in [0.05, 0.1) is 5.69 Å². The molecule has 0 bridgehead atoms. The lowest BCUT2D eigenvalue weighted by atomic mass is 10.3. The van der Waals surface area contributed by atoms with E-state index in [-0.39, 0.29) is 5.91 Å². The monoisotopic (exact) mass is 202 g/mol. The Kier molecular flexibility index (Phi) is 2.64. The predicted molar refractivity (Wildman–Crippen MR) is 56.1 cm³/mol. The molecule has 2 rings (SSSR count). The summed E-state index contributed by atoms with van der Waals surface area (Å²) >= 11 is 0. The number of carbonyl (C=O) groups is 1.